The Hall–Kier alpha value is -0.650. The van der Waals surface area contributed by atoms with Crippen LogP contribution in [-0.4, -0.2) is 20.5 Å². The van der Waals surface area contributed by atoms with Crippen LogP contribution in [0.5, 0.6) is 0 Å². The van der Waals surface area contributed by atoms with E-state index in [2.05, 4.69) is 9.38 Å². The molecule has 0 fully saturated rings. The molecule has 0 N–H and O–H groups in total. The van der Waals surface area contributed by atoms with Gasteiger partial charge < -0.3 is 4.55 Å². The molecule has 0 saturated heterocycles. The highest BCUT2D eigenvalue weighted by Crippen LogP contribution is 2.17. The Balaban J connectivity index is 2.85. The summed E-state index contributed by atoms with van der Waals surface area (Å²) in [5.41, 5.74) is 0.0296. The lowest BCUT2D eigenvalue weighted by molar-refractivity contribution is 0.561. The molecule has 0 aliphatic carbocycles. The summed E-state index contributed by atoms with van der Waals surface area (Å²) in [6, 6.07) is 1.13. The average Bonchev–Trinajstić information content (AvgIpc) is 2.14. The van der Waals surface area contributed by atoms with Gasteiger partial charge in [0.05, 0.1) is 5.02 Å². The summed E-state index contributed by atoms with van der Waals surface area (Å²) in [7, 11) is 0. The van der Waals surface area contributed by atoms with Gasteiger partial charge in [-0.2, -0.15) is 0 Å². The molecule has 0 aliphatic heterocycles. The van der Waals surface area contributed by atoms with E-state index in [1.54, 1.807) is 20.8 Å². The molecule has 1 rings (SSSR count). The summed E-state index contributed by atoms with van der Waals surface area (Å²) in [6.45, 7) is 5.35. The minimum atomic E-state index is -1.42. The highest BCUT2D eigenvalue weighted by atomic mass is 35.5. The second kappa shape index (κ2) is 5.12. The van der Waals surface area contributed by atoms with Crippen LogP contribution in [0.15, 0.2) is 16.7 Å². The van der Waals surface area contributed by atoms with E-state index in [1.807, 2.05) is 0 Å². The molecule has 0 amide bonds. The molecule has 88 valence electrons. The predicted octanol–water partition coefficient (Wildman–Crippen LogP) is 2.76. The van der Waals surface area contributed by atoms with Gasteiger partial charge in [0.1, 0.15) is 28.0 Å². The van der Waals surface area contributed by atoms with Crippen LogP contribution in [0.2, 0.25) is 5.02 Å². The lowest BCUT2D eigenvalue weighted by Crippen LogP contribution is -2.25. The summed E-state index contributed by atoms with van der Waals surface area (Å²) in [4.78, 5) is 3.74. The predicted molar refractivity (Wildman–Crippen MR) is 64.7 cm³/mol. The maximum absolute atomic E-state index is 13.3. The summed E-state index contributed by atoms with van der Waals surface area (Å²) in [5, 5.41) is 0.214. The summed E-state index contributed by atoms with van der Waals surface area (Å²) in [5.74, 6) is -0.581. The Morgan fingerprint density at radius 2 is 2.19 bits per heavy atom. The SMILES string of the molecule is CC(C)(C)[S@+]([O-])N=Cc1ncc(Cl)cc1F. The minimum Gasteiger partial charge on any atom is -0.591 e. The van der Waals surface area contributed by atoms with Crippen molar-refractivity contribution in [3.8, 4) is 0 Å². The van der Waals surface area contributed by atoms with Crippen molar-refractivity contribution < 1.29 is 8.94 Å². The van der Waals surface area contributed by atoms with Crippen molar-refractivity contribution in [3.63, 3.8) is 0 Å². The minimum absolute atomic E-state index is 0.0296. The highest BCUT2D eigenvalue weighted by Gasteiger charge is 2.25. The normalized spacial score (nSPS) is 14.4. The monoisotopic (exact) mass is 262 g/mol. The number of pyridine rings is 1. The molecule has 0 spiro atoms. The van der Waals surface area contributed by atoms with E-state index >= 15 is 0 Å². The Kier molecular flexibility index (Phi) is 4.29. The van der Waals surface area contributed by atoms with Gasteiger partial charge in [-0.15, -0.1) is 0 Å². The molecule has 0 aromatic carbocycles. The zero-order valence-electron chi connectivity index (χ0n) is 9.20. The number of hydrogen-bond donors (Lipinski definition) is 0. The first kappa shape index (κ1) is 13.4. The van der Waals surface area contributed by atoms with Crippen LogP contribution in [0.25, 0.3) is 0 Å². The molecule has 1 heterocycles. The first-order chi connectivity index (χ1) is 7.30. The highest BCUT2D eigenvalue weighted by molar-refractivity contribution is 7.91. The fourth-order valence-electron chi connectivity index (χ4n) is 0.776. The van der Waals surface area contributed by atoms with E-state index < -0.39 is 21.9 Å². The number of aromatic nitrogens is 1. The van der Waals surface area contributed by atoms with Crippen molar-refractivity contribution >= 4 is 29.2 Å². The van der Waals surface area contributed by atoms with Crippen LogP contribution in [0.3, 0.4) is 0 Å². The number of nitrogens with zero attached hydrogens (tertiary/aromatic N) is 2. The van der Waals surface area contributed by atoms with Gasteiger partial charge >= 0.3 is 0 Å². The van der Waals surface area contributed by atoms with Gasteiger partial charge in [0.2, 0.25) is 0 Å². The molecule has 0 aliphatic rings. The summed E-state index contributed by atoms with van der Waals surface area (Å²) >= 11 is 4.12. The number of rotatable bonds is 2. The third-order valence-electron chi connectivity index (χ3n) is 1.63. The fraction of sp³-hybridized carbons (Fsp3) is 0.400. The second-order valence-electron chi connectivity index (χ2n) is 4.12. The van der Waals surface area contributed by atoms with Crippen LogP contribution >= 0.6 is 11.6 Å². The molecule has 1 aromatic rings. The van der Waals surface area contributed by atoms with Gasteiger partial charge in [-0.1, -0.05) is 16.0 Å². The van der Waals surface area contributed by atoms with Gasteiger partial charge in [-0.25, -0.2) is 4.39 Å². The van der Waals surface area contributed by atoms with E-state index in [4.69, 9.17) is 11.6 Å². The molecule has 0 saturated carbocycles. The third kappa shape index (κ3) is 3.73. The quantitative estimate of drug-likeness (QED) is 0.608. The molecule has 16 heavy (non-hydrogen) atoms. The van der Waals surface area contributed by atoms with Gasteiger partial charge in [0.15, 0.2) is 5.82 Å². The molecule has 3 nitrogen and oxygen atoms in total. The second-order valence-corrected chi connectivity index (χ2v) is 6.49. The van der Waals surface area contributed by atoms with Crippen molar-refractivity contribution in [2.75, 3.05) is 0 Å². The van der Waals surface area contributed by atoms with E-state index in [9.17, 15) is 8.94 Å². The molecular formula is C10H12ClFN2OS. The van der Waals surface area contributed by atoms with Crippen LogP contribution in [0, 0.1) is 5.82 Å². The largest absolute Gasteiger partial charge is 0.591 e. The smallest absolute Gasteiger partial charge is 0.152 e. The van der Waals surface area contributed by atoms with Crippen molar-refractivity contribution in [2.24, 2.45) is 4.40 Å². The van der Waals surface area contributed by atoms with E-state index in [0.717, 1.165) is 12.3 Å². The van der Waals surface area contributed by atoms with E-state index in [-0.39, 0.29) is 10.7 Å². The van der Waals surface area contributed by atoms with E-state index in [0.29, 0.717) is 0 Å². The number of hydrogen-bond acceptors (Lipinski definition) is 3. The van der Waals surface area contributed by atoms with Crippen LogP contribution < -0.4 is 0 Å². The van der Waals surface area contributed by atoms with Crippen molar-refractivity contribution in [1.82, 2.24) is 4.98 Å². The fourth-order valence-corrected chi connectivity index (χ4v) is 1.43. The lowest BCUT2D eigenvalue weighted by atomic mass is 10.3. The van der Waals surface area contributed by atoms with E-state index in [1.165, 1.54) is 6.20 Å². The zero-order chi connectivity index (χ0) is 12.3. The van der Waals surface area contributed by atoms with Crippen LogP contribution in [-0.2, 0) is 11.4 Å². The Bertz CT molecular complexity index is 406. The summed E-state index contributed by atoms with van der Waals surface area (Å²) < 4.78 is 28.1. The molecule has 0 bridgehead atoms. The summed E-state index contributed by atoms with van der Waals surface area (Å²) in [6.07, 6.45) is 2.47. The van der Waals surface area contributed by atoms with Crippen molar-refractivity contribution in [2.45, 2.75) is 25.5 Å². The molecule has 0 radical (unpaired) electrons. The molecule has 6 heteroatoms. The Morgan fingerprint density at radius 1 is 1.56 bits per heavy atom. The molecule has 1 atom stereocenters. The maximum atomic E-state index is 13.3. The Morgan fingerprint density at radius 3 is 2.69 bits per heavy atom. The molecule has 1 aromatic heterocycles. The van der Waals surface area contributed by atoms with Gasteiger partial charge in [0.25, 0.3) is 0 Å². The number of halogens is 2. The van der Waals surface area contributed by atoms with Crippen molar-refractivity contribution in [3.05, 3.63) is 28.8 Å². The van der Waals surface area contributed by atoms with Gasteiger partial charge in [-0.3, -0.25) is 4.98 Å². The molecular weight excluding hydrogens is 251 g/mol. The standard InChI is InChI=1S/C10H12ClFN2OS/c1-10(2,3)16(15)14-6-9-8(12)4-7(11)5-13-9/h4-6H,1-3H3/t16-/m0/s1. The lowest BCUT2D eigenvalue weighted by Gasteiger charge is -2.17. The molecule has 0 unspecified atom stereocenters. The van der Waals surface area contributed by atoms with Crippen LogP contribution in [0.4, 0.5) is 4.39 Å². The van der Waals surface area contributed by atoms with Gasteiger partial charge in [-0.05, 0) is 26.8 Å². The Labute approximate surface area is 102 Å². The third-order valence-corrected chi connectivity index (χ3v) is 3.18. The maximum Gasteiger partial charge on any atom is 0.152 e. The van der Waals surface area contributed by atoms with Crippen molar-refractivity contribution in [1.29, 1.82) is 0 Å². The van der Waals surface area contributed by atoms with Crippen LogP contribution in [0.1, 0.15) is 26.5 Å². The first-order valence-corrected chi connectivity index (χ1v) is 6.06. The average molecular weight is 263 g/mol. The zero-order valence-corrected chi connectivity index (χ0v) is 10.8. The van der Waals surface area contributed by atoms with Gasteiger partial charge in [0, 0.05) is 6.20 Å². The first-order valence-electron chi connectivity index (χ1n) is 4.58. The topological polar surface area (TPSA) is 48.3 Å².